The average Bonchev–Trinajstić information content (AvgIpc) is 2.48. The van der Waals surface area contributed by atoms with Crippen molar-refractivity contribution >= 4 is 19.2 Å². The molecule has 0 aliphatic rings. The zero-order valence-corrected chi connectivity index (χ0v) is 12.8. The smallest absolute Gasteiger partial charge is 0.415 e. The summed E-state index contributed by atoms with van der Waals surface area (Å²) in [5.74, 6) is 0.955. The molecule has 2 aromatic carbocycles. The molecule has 0 radical (unpaired) electrons. The highest BCUT2D eigenvalue weighted by atomic mass is 35.5. The number of hydrogen-bond acceptors (Lipinski definition) is 3. The minimum absolute atomic E-state index is 0.478. The molecule has 1 unspecified atom stereocenters. The fourth-order valence-electron chi connectivity index (χ4n) is 1.61. The van der Waals surface area contributed by atoms with Crippen molar-refractivity contribution in [3.05, 3.63) is 60.7 Å². The van der Waals surface area contributed by atoms with Crippen molar-refractivity contribution in [2.24, 2.45) is 0 Å². The Morgan fingerprint density at radius 3 is 1.70 bits per heavy atom. The first-order valence-electron chi connectivity index (χ1n) is 6.37. The summed E-state index contributed by atoms with van der Waals surface area (Å²) >= 11 is 6.16. The molecule has 2 aromatic rings. The number of rotatable bonds is 6. The van der Waals surface area contributed by atoms with E-state index >= 15 is 0 Å². The molecule has 0 aromatic heterocycles. The summed E-state index contributed by atoms with van der Waals surface area (Å²) in [6.45, 7) is 1.84. The SMILES string of the molecule is CCC(Cl)P(=O)(Oc1ccccc1)Oc1ccccc1. The van der Waals surface area contributed by atoms with Crippen LogP contribution in [-0.4, -0.2) is 5.12 Å². The van der Waals surface area contributed by atoms with Gasteiger partial charge >= 0.3 is 7.60 Å². The summed E-state index contributed by atoms with van der Waals surface area (Å²) in [5, 5.41) is -0.706. The predicted octanol–water partition coefficient (Wildman–Crippen LogP) is 5.31. The van der Waals surface area contributed by atoms with Gasteiger partial charge in [0.15, 0.2) is 5.12 Å². The van der Waals surface area contributed by atoms with Crippen LogP contribution in [0.25, 0.3) is 0 Å². The van der Waals surface area contributed by atoms with Crippen LogP contribution < -0.4 is 9.05 Å². The molecular weight excluding hydrogens is 295 g/mol. The number of para-hydroxylation sites is 2. The fraction of sp³-hybridized carbons (Fsp3) is 0.200. The first-order chi connectivity index (χ1) is 9.64. The van der Waals surface area contributed by atoms with E-state index in [1.807, 2.05) is 19.1 Å². The van der Waals surface area contributed by atoms with E-state index < -0.39 is 12.7 Å². The second kappa shape index (κ2) is 6.83. The van der Waals surface area contributed by atoms with Gasteiger partial charge in [0.25, 0.3) is 0 Å². The van der Waals surface area contributed by atoms with Crippen LogP contribution in [0.4, 0.5) is 0 Å². The molecule has 0 spiro atoms. The van der Waals surface area contributed by atoms with E-state index in [-0.39, 0.29) is 0 Å². The molecule has 0 bridgehead atoms. The molecule has 20 heavy (non-hydrogen) atoms. The Morgan fingerprint density at radius 1 is 0.950 bits per heavy atom. The van der Waals surface area contributed by atoms with Crippen molar-refractivity contribution < 1.29 is 13.6 Å². The van der Waals surface area contributed by atoms with Gasteiger partial charge in [0.2, 0.25) is 0 Å². The van der Waals surface area contributed by atoms with Crippen LogP contribution in [0.15, 0.2) is 60.7 Å². The number of halogens is 1. The Balaban J connectivity index is 2.24. The van der Waals surface area contributed by atoms with Crippen LogP contribution >= 0.6 is 19.2 Å². The first kappa shape index (κ1) is 15.0. The summed E-state index contributed by atoms with van der Waals surface area (Å²) in [6.07, 6.45) is 0.485. The fourth-order valence-corrected chi connectivity index (χ4v) is 3.40. The molecular formula is C15H16ClO3P. The second-order valence-corrected chi connectivity index (χ2v) is 7.09. The van der Waals surface area contributed by atoms with Gasteiger partial charge in [-0.05, 0) is 30.7 Å². The highest BCUT2D eigenvalue weighted by molar-refractivity contribution is 7.57. The molecule has 3 nitrogen and oxygen atoms in total. The number of benzene rings is 2. The van der Waals surface area contributed by atoms with E-state index in [4.69, 9.17) is 20.6 Å². The third-order valence-corrected chi connectivity index (χ3v) is 5.64. The van der Waals surface area contributed by atoms with Crippen LogP contribution in [0.1, 0.15) is 13.3 Å². The lowest BCUT2D eigenvalue weighted by molar-refractivity contribution is 0.381. The van der Waals surface area contributed by atoms with Gasteiger partial charge in [-0.2, -0.15) is 0 Å². The lowest BCUT2D eigenvalue weighted by Gasteiger charge is -2.23. The number of alkyl halides is 1. The van der Waals surface area contributed by atoms with Crippen LogP contribution in [-0.2, 0) is 4.57 Å². The second-order valence-electron chi connectivity index (χ2n) is 4.19. The molecule has 0 aliphatic carbocycles. The Labute approximate surface area is 124 Å². The van der Waals surface area contributed by atoms with Gasteiger partial charge in [-0.1, -0.05) is 43.3 Å². The summed E-state index contributed by atoms with van der Waals surface area (Å²) in [5.41, 5.74) is 0. The van der Waals surface area contributed by atoms with E-state index in [9.17, 15) is 4.57 Å². The molecule has 0 aliphatic heterocycles. The monoisotopic (exact) mass is 310 g/mol. The molecule has 2 rings (SSSR count). The van der Waals surface area contributed by atoms with Gasteiger partial charge in [-0.25, -0.2) is 4.57 Å². The lowest BCUT2D eigenvalue weighted by Crippen LogP contribution is -2.11. The van der Waals surface area contributed by atoms with E-state index in [1.165, 1.54) is 0 Å². The Morgan fingerprint density at radius 2 is 1.35 bits per heavy atom. The summed E-state index contributed by atoms with van der Waals surface area (Å²) in [7, 11) is -3.49. The Bertz CT molecular complexity index is 529. The van der Waals surface area contributed by atoms with Gasteiger partial charge < -0.3 is 9.05 Å². The average molecular weight is 311 g/mol. The van der Waals surface area contributed by atoms with E-state index in [0.29, 0.717) is 17.9 Å². The zero-order chi connectivity index (χ0) is 14.4. The maximum Gasteiger partial charge on any atom is 0.448 e. The van der Waals surface area contributed by atoms with Crippen LogP contribution in [0.2, 0.25) is 0 Å². The molecule has 0 heterocycles. The van der Waals surface area contributed by atoms with Gasteiger partial charge in [0.05, 0.1) is 0 Å². The highest BCUT2D eigenvalue weighted by Gasteiger charge is 2.36. The first-order valence-corrected chi connectivity index (χ1v) is 8.42. The van der Waals surface area contributed by atoms with Crippen molar-refractivity contribution in [2.45, 2.75) is 18.5 Å². The summed E-state index contributed by atoms with van der Waals surface area (Å²) < 4.78 is 24.0. The molecule has 0 fully saturated rings. The quantitative estimate of drug-likeness (QED) is 0.535. The highest BCUT2D eigenvalue weighted by Crippen LogP contribution is 2.55. The van der Waals surface area contributed by atoms with E-state index in [1.54, 1.807) is 48.5 Å². The van der Waals surface area contributed by atoms with E-state index in [0.717, 1.165) is 0 Å². The normalized spacial score (nSPS) is 12.7. The van der Waals surface area contributed by atoms with Crippen molar-refractivity contribution in [3.8, 4) is 11.5 Å². The molecule has 0 saturated heterocycles. The topological polar surface area (TPSA) is 35.5 Å². The molecule has 0 saturated carbocycles. The minimum Gasteiger partial charge on any atom is -0.415 e. The zero-order valence-electron chi connectivity index (χ0n) is 11.1. The number of hydrogen-bond donors (Lipinski definition) is 0. The molecule has 1 atom stereocenters. The lowest BCUT2D eigenvalue weighted by atomic mass is 10.3. The Kier molecular flexibility index (Phi) is 5.11. The van der Waals surface area contributed by atoms with Gasteiger partial charge in [0, 0.05) is 0 Å². The maximum atomic E-state index is 12.9. The molecule has 0 N–H and O–H groups in total. The van der Waals surface area contributed by atoms with Crippen molar-refractivity contribution in [1.29, 1.82) is 0 Å². The third-order valence-electron chi connectivity index (χ3n) is 2.63. The van der Waals surface area contributed by atoms with Crippen LogP contribution in [0.5, 0.6) is 11.5 Å². The van der Waals surface area contributed by atoms with Gasteiger partial charge in [0.1, 0.15) is 11.5 Å². The summed E-state index contributed by atoms with van der Waals surface area (Å²) in [6, 6.07) is 17.8. The molecule has 0 amide bonds. The van der Waals surface area contributed by atoms with Crippen LogP contribution in [0, 0.1) is 0 Å². The van der Waals surface area contributed by atoms with Crippen LogP contribution in [0.3, 0.4) is 0 Å². The summed E-state index contributed by atoms with van der Waals surface area (Å²) in [4.78, 5) is 0. The van der Waals surface area contributed by atoms with Gasteiger partial charge in [-0.15, -0.1) is 11.6 Å². The van der Waals surface area contributed by atoms with Crippen molar-refractivity contribution in [2.75, 3.05) is 0 Å². The van der Waals surface area contributed by atoms with Gasteiger partial charge in [-0.3, -0.25) is 0 Å². The standard InChI is InChI=1S/C15H16ClO3P/c1-2-15(16)20(17,18-13-9-5-3-6-10-13)19-14-11-7-4-8-12-14/h3-12,15H,2H2,1H3. The largest absolute Gasteiger partial charge is 0.448 e. The molecule has 5 heteroatoms. The predicted molar refractivity (Wildman–Crippen MR) is 81.7 cm³/mol. The van der Waals surface area contributed by atoms with E-state index in [2.05, 4.69) is 0 Å². The Hall–Kier alpha value is -1.44. The molecule has 106 valence electrons. The van der Waals surface area contributed by atoms with Crippen molar-refractivity contribution in [3.63, 3.8) is 0 Å². The third kappa shape index (κ3) is 3.78. The minimum atomic E-state index is -3.49. The maximum absolute atomic E-state index is 12.9. The van der Waals surface area contributed by atoms with Crippen molar-refractivity contribution in [1.82, 2.24) is 0 Å².